The fraction of sp³-hybridized carbons (Fsp3) is 0.381. The van der Waals surface area contributed by atoms with E-state index in [1.807, 2.05) is 48.5 Å². The lowest BCUT2D eigenvalue weighted by molar-refractivity contribution is -0.122. The van der Waals surface area contributed by atoms with E-state index in [1.54, 1.807) is 0 Å². The summed E-state index contributed by atoms with van der Waals surface area (Å²) in [5.41, 5.74) is 8.03. The average molecular weight is 409 g/mol. The largest absolute Gasteiger partial charge is 0.381 e. The smallest absolute Gasteiger partial charge is 0.221 e. The highest BCUT2D eigenvalue weighted by atomic mass is 35.5. The van der Waals surface area contributed by atoms with Crippen LogP contribution in [0.1, 0.15) is 36.4 Å². The van der Waals surface area contributed by atoms with Gasteiger partial charge < -0.3 is 15.8 Å². The van der Waals surface area contributed by atoms with Crippen LogP contribution in [0.25, 0.3) is 0 Å². The van der Waals surface area contributed by atoms with Gasteiger partial charge in [0.05, 0.1) is 0 Å². The van der Waals surface area contributed by atoms with Crippen molar-refractivity contribution in [1.82, 2.24) is 5.32 Å². The predicted molar refractivity (Wildman–Crippen MR) is 111 cm³/mol. The first-order valence-electron chi connectivity index (χ1n) is 9.01. The van der Waals surface area contributed by atoms with Gasteiger partial charge in [-0.1, -0.05) is 60.1 Å². The average Bonchev–Trinajstić information content (AvgIpc) is 2.68. The second-order valence-corrected chi connectivity index (χ2v) is 7.28. The fourth-order valence-electron chi connectivity index (χ4n) is 3.55. The van der Waals surface area contributed by atoms with Crippen molar-refractivity contribution in [3.8, 4) is 0 Å². The molecule has 1 atom stereocenters. The number of carbonyl (C=O) groups is 1. The minimum Gasteiger partial charge on any atom is -0.381 e. The van der Waals surface area contributed by atoms with Gasteiger partial charge in [0.25, 0.3) is 0 Å². The summed E-state index contributed by atoms with van der Waals surface area (Å²) in [6, 6.07) is 17.3. The van der Waals surface area contributed by atoms with Gasteiger partial charge in [-0.15, -0.1) is 12.4 Å². The molecule has 6 heteroatoms. The SMILES string of the molecule is Cl.NC(CC(=O)NCC1(c2ccccc2Cl)CCOCC1)c1ccccc1. The van der Waals surface area contributed by atoms with Gasteiger partial charge in [-0.3, -0.25) is 4.79 Å². The molecule has 1 heterocycles. The van der Waals surface area contributed by atoms with Gasteiger partial charge in [0.2, 0.25) is 5.91 Å². The summed E-state index contributed by atoms with van der Waals surface area (Å²) in [5, 5.41) is 3.83. The molecule has 2 aromatic rings. The van der Waals surface area contributed by atoms with Crippen molar-refractivity contribution in [2.24, 2.45) is 5.73 Å². The van der Waals surface area contributed by atoms with Crippen LogP contribution < -0.4 is 11.1 Å². The summed E-state index contributed by atoms with van der Waals surface area (Å²) >= 11 is 6.45. The molecule has 0 saturated carbocycles. The highest BCUT2D eigenvalue weighted by Crippen LogP contribution is 2.38. The van der Waals surface area contributed by atoms with Gasteiger partial charge in [0.15, 0.2) is 0 Å². The number of amides is 1. The Labute approximate surface area is 171 Å². The molecule has 1 fully saturated rings. The van der Waals surface area contributed by atoms with Gasteiger partial charge in [0, 0.05) is 42.7 Å². The van der Waals surface area contributed by atoms with E-state index in [1.165, 1.54) is 0 Å². The zero-order valence-corrected chi connectivity index (χ0v) is 16.8. The van der Waals surface area contributed by atoms with E-state index in [0.29, 0.717) is 19.8 Å². The summed E-state index contributed by atoms with van der Waals surface area (Å²) in [7, 11) is 0. The number of halogens is 2. The molecular weight excluding hydrogens is 383 g/mol. The number of nitrogens with two attached hydrogens (primary N) is 1. The standard InChI is InChI=1S/C21H25ClN2O2.ClH/c22-18-9-5-4-8-17(18)21(10-12-26-13-11-21)15-24-20(25)14-19(23)16-6-2-1-3-7-16;/h1-9,19H,10-15,23H2,(H,24,25);1H. The molecule has 0 spiro atoms. The highest BCUT2D eigenvalue weighted by molar-refractivity contribution is 6.31. The van der Waals surface area contributed by atoms with Crippen molar-refractivity contribution in [1.29, 1.82) is 0 Å². The second-order valence-electron chi connectivity index (χ2n) is 6.87. The quantitative estimate of drug-likeness (QED) is 0.758. The van der Waals surface area contributed by atoms with Crippen LogP contribution in [0.2, 0.25) is 5.02 Å². The molecule has 27 heavy (non-hydrogen) atoms. The van der Waals surface area contributed by atoms with Gasteiger partial charge in [-0.25, -0.2) is 0 Å². The maximum absolute atomic E-state index is 12.5. The minimum atomic E-state index is -0.304. The van der Waals surface area contributed by atoms with Crippen LogP contribution in [0.4, 0.5) is 0 Å². The van der Waals surface area contributed by atoms with Crippen molar-refractivity contribution in [3.63, 3.8) is 0 Å². The van der Waals surface area contributed by atoms with E-state index < -0.39 is 0 Å². The molecule has 0 bridgehead atoms. The molecule has 4 nitrogen and oxygen atoms in total. The number of carbonyl (C=O) groups excluding carboxylic acids is 1. The molecule has 1 unspecified atom stereocenters. The number of benzene rings is 2. The molecule has 3 N–H and O–H groups in total. The van der Waals surface area contributed by atoms with E-state index in [4.69, 9.17) is 22.1 Å². The molecule has 0 aliphatic carbocycles. The third-order valence-electron chi connectivity index (χ3n) is 5.15. The highest BCUT2D eigenvalue weighted by Gasteiger charge is 2.36. The molecule has 146 valence electrons. The number of ether oxygens (including phenoxy) is 1. The molecule has 3 rings (SSSR count). The van der Waals surface area contributed by atoms with Crippen molar-refractivity contribution in [2.45, 2.75) is 30.7 Å². The van der Waals surface area contributed by atoms with Gasteiger partial charge in [-0.05, 0) is 30.0 Å². The first-order chi connectivity index (χ1) is 12.6. The third kappa shape index (κ3) is 5.45. The fourth-order valence-corrected chi connectivity index (χ4v) is 3.89. The number of rotatable bonds is 6. The Balaban J connectivity index is 0.00000261. The lowest BCUT2D eigenvalue weighted by Gasteiger charge is -2.38. The normalized spacial score (nSPS) is 16.8. The van der Waals surface area contributed by atoms with Crippen LogP contribution in [0.5, 0.6) is 0 Å². The maximum Gasteiger partial charge on any atom is 0.221 e. The molecule has 0 aromatic heterocycles. The summed E-state index contributed by atoms with van der Waals surface area (Å²) in [4.78, 5) is 12.5. The zero-order chi connectivity index (χ0) is 18.4. The van der Waals surface area contributed by atoms with Crippen LogP contribution in [-0.4, -0.2) is 25.7 Å². The molecular formula is C21H26Cl2N2O2. The molecule has 1 aliphatic rings. The van der Waals surface area contributed by atoms with Crippen LogP contribution in [0, 0.1) is 0 Å². The van der Waals surface area contributed by atoms with Crippen molar-refractivity contribution in [3.05, 3.63) is 70.7 Å². The van der Waals surface area contributed by atoms with Gasteiger partial charge in [0.1, 0.15) is 0 Å². The number of hydrogen-bond acceptors (Lipinski definition) is 3. The maximum atomic E-state index is 12.5. The molecule has 1 amide bonds. The summed E-state index contributed by atoms with van der Waals surface area (Å²) in [6.45, 7) is 1.88. The number of hydrogen-bond donors (Lipinski definition) is 2. The van der Waals surface area contributed by atoms with Crippen LogP contribution in [-0.2, 0) is 14.9 Å². The first-order valence-corrected chi connectivity index (χ1v) is 9.38. The minimum absolute atomic E-state index is 0. The Bertz CT molecular complexity index is 734. The van der Waals surface area contributed by atoms with E-state index in [9.17, 15) is 4.79 Å². The van der Waals surface area contributed by atoms with Gasteiger partial charge >= 0.3 is 0 Å². The van der Waals surface area contributed by atoms with E-state index in [-0.39, 0.29) is 36.2 Å². The Morgan fingerprint density at radius 1 is 1.11 bits per heavy atom. The van der Waals surface area contributed by atoms with Crippen LogP contribution >= 0.6 is 24.0 Å². The molecule has 0 radical (unpaired) electrons. The second kappa shape index (κ2) is 10.1. The monoisotopic (exact) mass is 408 g/mol. The lowest BCUT2D eigenvalue weighted by atomic mass is 9.74. The van der Waals surface area contributed by atoms with Crippen molar-refractivity contribution >= 4 is 29.9 Å². The lowest BCUT2D eigenvalue weighted by Crippen LogP contribution is -2.45. The molecule has 1 aliphatic heterocycles. The summed E-state index contributed by atoms with van der Waals surface area (Å²) in [5.74, 6) is -0.0423. The Morgan fingerprint density at radius 2 is 1.74 bits per heavy atom. The Kier molecular flexibility index (Phi) is 8.11. The zero-order valence-electron chi connectivity index (χ0n) is 15.2. The van der Waals surface area contributed by atoms with E-state index in [2.05, 4.69) is 11.4 Å². The van der Waals surface area contributed by atoms with Crippen LogP contribution in [0.15, 0.2) is 54.6 Å². The molecule has 2 aromatic carbocycles. The van der Waals surface area contributed by atoms with E-state index >= 15 is 0 Å². The Hall–Kier alpha value is -1.59. The molecule has 1 saturated heterocycles. The Morgan fingerprint density at radius 3 is 2.41 bits per heavy atom. The summed E-state index contributed by atoms with van der Waals surface area (Å²) in [6.07, 6.45) is 1.93. The number of nitrogens with one attached hydrogen (secondary N) is 1. The van der Waals surface area contributed by atoms with E-state index in [0.717, 1.165) is 29.0 Å². The van der Waals surface area contributed by atoms with Crippen LogP contribution in [0.3, 0.4) is 0 Å². The predicted octanol–water partition coefficient (Wildman–Crippen LogP) is 4.02. The van der Waals surface area contributed by atoms with Crippen molar-refractivity contribution in [2.75, 3.05) is 19.8 Å². The summed E-state index contributed by atoms with van der Waals surface area (Å²) < 4.78 is 5.54. The van der Waals surface area contributed by atoms with Gasteiger partial charge in [-0.2, -0.15) is 0 Å². The van der Waals surface area contributed by atoms with Crippen molar-refractivity contribution < 1.29 is 9.53 Å². The topological polar surface area (TPSA) is 64.4 Å². The third-order valence-corrected chi connectivity index (χ3v) is 5.48. The first kappa shape index (κ1) is 21.7.